The van der Waals surface area contributed by atoms with Gasteiger partial charge in [-0.05, 0) is 45.4 Å². The van der Waals surface area contributed by atoms with Crippen LogP contribution in [0.3, 0.4) is 0 Å². The van der Waals surface area contributed by atoms with Gasteiger partial charge in [-0.1, -0.05) is 11.8 Å². The van der Waals surface area contributed by atoms with Crippen molar-refractivity contribution in [3.05, 3.63) is 5.82 Å². The van der Waals surface area contributed by atoms with Gasteiger partial charge < -0.3 is 9.88 Å². The van der Waals surface area contributed by atoms with Gasteiger partial charge in [0.2, 0.25) is 5.91 Å². The van der Waals surface area contributed by atoms with Crippen molar-refractivity contribution in [1.29, 1.82) is 5.26 Å². The van der Waals surface area contributed by atoms with E-state index in [1.54, 1.807) is 0 Å². The molecule has 1 atom stereocenters. The van der Waals surface area contributed by atoms with Gasteiger partial charge in [-0.2, -0.15) is 5.26 Å². The number of amides is 1. The van der Waals surface area contributed by atoms with E-state index >= 15 is 0 Å². The molecule has 1 N–H and O–H groups in total. The van der Waals surface area contributed by atoms with Crippen molar-refractivity contribution in [3.8, 4) is 6.07 Å². The molecule has 2 aliphatic carbocycles. The molecule has 2 fully saturated rings. The maximum absolute atomic E-state index is 12.1. The molecule has 112 valence electrons. The largest absolute Gasteiger partial charge is 0.337 e. The number of rotatable bonds is 6. The SMILES string of the molecule is Cc1nnc(SCC(=O)N[C@](C)(C#N)C2CC2)n1C1CC1. The Kier molecular flexibility index (Phi) is 3.66. The Morgan fingerprint density at radius 3 is 2.76 bits per heavy atom. The van der Waals surface area contributed by atoms with Crippen LogP contribution in [-0.2, 0) is 4.79 Å². The van der Waals surface area contributed by atoms with Crippen LogP contribution in [0, 0.1) is 24.2 Å². The number of nitriles is 1. The summed E-state index contributed by atoms with van der Waals surface area (Å²) in [6.45, 7) is 3.75. The van der Waals surface area contributed by atoms with E-state index in [0.29, 0.717) is 12.0 Å². The van der Waals surface area contributed by atoms with Crippen LogP contribution in [0.1, 0.15) is 44.5 Å². The highest BCUT2D eigenvalue weighted by Crippen LogP contribution is 2.40. The van der Waals surface area contributed by atoms with E-state index in [2.05, 4.69) is 26.2 Å². The Bertz CT molecular complexity index is 599. The topological polar surface area (TPSA) is 83.6 Å². The fourth-order valence-corrected chi connectivity index (χ4v) is 3.39. The number of carbonyl (C=O) groups is 1. The fourth-order valence-electron chi connectivity index (χ4n) is 2.54. The second kappa shape index (κ2) is 5.34. The summed E-state index contributed by atoms with van der Waals surface area (Å²) >= 11 is 1.40. The van der Waals surface area contributed by atoms with Crippen molar-refractivity contribution < 1.29 is 4.79 Å². The van der Waals surface area contributed by atoms with E-state index < -0.39 is 5.54 Å². The maximum Gasteiger partial charge on any atom is 0.231 e. The molecule has 2 aliphatic rings. The summed E-state index contributed by atoms with van der Waals surface area (Å²) in [5.41, 5.74) is -0.724. The number of nitrogens with one attached hydrogen (secondary N) is 1. The van der Waals surface area contributed by atoms with Crippen molar-refractivity contribution >= 4 is 17.7 Å². The van der Waals surface area contributed by atoms with Crippen LogP contribution in [-0.4, -0.2) is 32.0 Å². The Balaban J connectivity index is 1.58. The monoisotopic (exact) mass is 305 g/mol. The normalized spacial score (nSPS) is 20.6. The van der Waals surface area contributed by atoms with Crippen LogP contribution in [0.5, 0.6) is 0 Å². The third-order valence-electron chi connectivity index (χ3n) is 4.10. The summed E-state index contributed by atoms with van der Waals surface area (Å²) in [6.07, 6.45) is 4.36. The Morgan fingerprint density at radius 2 is 2.19 bits per heavy atom. The van der Waals surface area contributed by atoms with Crippen LogP contribution in [0.25, 0.3) is 0 Å². The molecule has 2 saturated carbocycles. The van der Waals surface area contributed by atoms with Gasteiger partial charge in [-0.15, -0.1) is 10.2 Å². The van der Waals surface area contributed by atoms with E-state index in [9.17, 15) is 10.1 Å². The predicted molar refractivity (Wildman–Crippen MR) is 78.6 cm³/mol. The highest BCUT2D eigenvalue weighted by Gasteiger charge is 2.43. The third-order valence-corrected chi connectivity index (χ3v) is 5.05. The lowest BCUT2D eigenvalue weighted by atomic mass is 9.98. The predicted octanol–water partition coefficient (Wildman–Crippen LogP) is 1.82. The maximum atomic E-state index is 12.1. The number of thioether (sulfide) groups is 1. The first-order valence-electron chi connectivity index (χ1n) is 7.30. The van der Waals surface area contributed by atoms with Crippen molar-refractivity contribution in [3.63, 3.8) is 0 Å². The fraction of sp³-hybridized carbons (Fsp3) is 0.714. The van der Waals surface area contributed by atoms with Gasteiger partial charge in [-0.25, -0.2) is 0 Å². The van der Waals surface area contributed by atoms with E-state index in [1.165, 1.54) is 11.8 Å². The molecule has 0 radical (unpaired) electrons. The second-order valence-corrected chi connectivity index (χ2v) is 7.00. The first kappa shape index (κ1) is 14.4. The molecule has 0 unspecified atom stereocenters. The molecule has 0 aromatic carbocycles. The van der Waals surface area contributed by atoms with Gasteiger partial charge in [0.05, 0.1) is 11.8 Å². The molecule has 3 rings (SSSR count). The Labute approximate surface area is 128 Å². The zero-order valence-corrected chi connectivity index (χ0v) is 13.1. The molecule has 0 spiro atoms. The number of hydrogen-bond acceptors (Lipinski definition) is 5. The molecule has 0 saturated heterocycles. The van der Waals surface area contributed by atoms with E-state index in [-0.39, 0.29) is 11.7 Å². The summed E-state index contributed by atoms with van der Waals surface area (Å²) in [4.78, 5) is 12.1. The average Bonchev–Trinajstić information content (AvgIpc) is 3.35. The summed E-state index contributed by atoms with van der Waals surface area (Å²) in [5, 5.41) is 21.2. The minimum atomic E-state index is -0.724. The van der Waals surface area contributed by atoms with Gasteiger partial charge in [0, 0.05) is 6.04 Å². The zero-order valence-electron chi connectivity index (χ0n) is 12.3. The minimum absolute atomic E-state index is 0.112. The molecular formula is C14H19N5OS. The Morgan fingerprint density at radius 1 is 1.48 bits per heavy atom. The summed E-state index contributed by atoms with van der Waals surface area (Å²) in [7, 11) is 0. The summed E-state index contributed by atoms with van der Waals surface area (Å²) in [5.74, 6) is 1.36. The lowest BCUT2D eigenvalue weighted by molar-refractivity contribution is -0.119. The van der Waals surface area contributed by atoms with Gasteiger partial charge in [0.15, 0.2) is 5.16 Å². The van der Waals surface area contributed by atoms with Crippen molar-refractivity contribution in [2.75, 3.05) is 5.75 Å². The molecular weight excluding hydrogens is 286 g/mol. The smallest absolute Gasteiger partial charge is 0.231 e. The first-order valence-corrected chi connectivity index (χ1v) is 8.28. The number of hydrogen-bond donors (Lipinski definition) is 1. The van der Waals surface area contributed by atoms with E-state index in [1.807, 2.05) is 13.8 Å². The standard InChI is InChI=1S/C14H19N5OS/c1-9-17-18-13(19(9)11-5-6-11)21-7-12(20)16-14(2,8-15)10-3-4-10/h10-11H,3-7H2,1-2H3,(H,16,20)/t14-/m1/s1. The molecule has 1 amide bonds. The number of carbonyl (C=O) groups excluding carboxylic acids is 1. The molecule has 1 aromatic heterocycles. The number of aryl methyl sites for hydroxylation is 1. The van der Waals surface area contributed by atoms with Crippen molar-refractivity contribution in [1.82, 2.24) is 20.1 Å². The van der Waals surface area contributed by atoms with Gasteiger partial charge in [0.25, 0.3) is 0 Å². The number of nitrogens with zero attached hydrogens (tertiary/aromatic N) is 4. The summed E-state index contributed by atoms with van der Waals surface area (Å²) < 4.78 is 2.11. The van der Waals surface area contributed by atoms with Crippen LogP contribution >= 0.6 is 11.8 Å². The van der Waals surface area contributed by atoms with Gasteiger partial charge in [-0.3, -0.25) is 4.79 Å². The quantitative estimate of drug-likeness (QED) is 0.811. The molecule has 7 heteroatoms. The molecule has 0 aliphatic heterocycles. The highest BCUT2D eigenvalue weighted by atomic mass is 32.2. The van der Waals surface area contributed by atoms with E-state index in [4.69, 9.17) is 0 Å². The van der Waals surface area contributed by atoms with Crippen LogP contribution in [0.15, 0.2) is 5.16 Å². The average molecular weight is 305 g/mol. The van der Waals surface area contributed by atoms with E-state index in [0.717, 1.165) is 36.7 Å². The highest BCUT2D eigenvalue weighted by molar-refractivity contribution is 7.99. The molecule has 6 nitrogen and oxygen atoms in total. The second-order valence-electron chi connectivity index (χ2n) is 6.06. The molecule has 0 bridgehead atoms. The molecule has 1 heterocycles. The lowest BCUT2D eigenvalue weighted by Gasteiger charge is -2.22. The zero-order chi connectivity index (χ0) is 15.0. The Hall–Kier alpha value is -1.55. The van der Waals surface area contributed by atoms with Crippen LogP contribution in [0.4, 0.5) is 0 Å². The van der Waals surface area contributed by atoms with Crippen LogP contribution in [0.2, 0.25) is 0 Å². The first-order chi connectivity index (χ1) is 10.0. The minimum Gasteiger partial charge on any atom is -0.337 e. The lowest BCUT2D eigenvalue weighted by Crippen LogP contribution is -2.47. The van der Waals surface area contributed by atoms with Crippen molar-refractivity contribution in [2.45, 2.75) is 56.3 Å². The van der Waals surface area contributed by atoms with Crippen LogP contribution < -0.4 is 5.32 Å². The van der Waals surface area contributed by atoms with Crippen molar-refractivity contribution in [2.24, 2.45) is 5.92 Å². The molecule has 1 aromatic rings. The third kappa shape index (κ3) is 3.05. The molecule has 21 heavy (non-hydrogen) atoms. The summed E-state index contributed by atoms with van der Waals surface area (Å²) in [6, 6.07) is 2.74. The van der Waals surface area contributed by atoms with Gasteiger partial charge >= 0.3 is 0 Å². The number of aromatic nitrogens is 3. The van der Waals surface area contributed by atoms with Gasteiger partial charge in [0.1, 0.15) is 11.4 Å².